The molecule has 0 amide bonds. The van der Waals surface area contributed by atoms with Gasteiger partial charge in [0.2, 0.25) is 0 Å². The Bertz CT molecular complexity index is 71.3. The van der Waals surface area contributed by atoms with E-state index >= 15 is 0 Å². The zero-order chi connectivity index (χ0) is 6.95. The molecule has 0 heterocycles. The molecule has 0 N–H and O–H groups in total. The molecule has 0 aliphatic carbocycles. The van der Waals surface area contributed by atoms with E-state index in [1.807, 2.05) is 0 Å². The van der Waals surface area contributed by atoms with Crippen molar-refractivity contribution in [2.45, 2.75) is 13.3 Å². The smallest absolute Gasteiger partial charge is 0.0647 e. The second-order valence-electron chi connectivity index (χ2n) is 1.70. The molecule has 0 fully saturated rings. The van der Waals surface area contributed by atoms with E-state index in [1.165, 1.54) is 0 Å². The minimum Gasteiger partial charge on any atom is -0.377 e. The highest BCUT2D eigenvalue weighted by molar-refractivity contribution is 14.1. The Kier molecular flexibility index (Phi) is 8.83. The lowest BCUT2D eigenvalue weighted by atomic mass is 10.5. The van der Waals surface area contributed by atoms with Crippen LogP contribution in [-0.4, -0.2) is 17.6 Å². The molecule has 0 aromatic rings. The summed E-state index contributed by atoms with van der Waals surface area (Å²) in [4.78, 5) is 0. The van der Waals surface area contributed by atoms with Crippen LogP contribution >= 0.6 is 22.6 Å². The first kappa shape index (κ1) is 9.43. The highest BCUT2D eigenvalue weighted by Gasteiger charge is 1.77. The van der Waals surface area contributed by atoms with Crippen molar-refractivity contribution in [3.63, 3.8) is 0 Å². The van der Waals surface area contributed by atoms with Crippen LogP contribution in [0.4, 0.5) is 0 Å². The van der Waals surface area contributed by atoms with Crippen molar-refractivity contribution < 1.29 is 4.74 Å². The Morgan fingerprint density at radius 3 is 2.78 bits per heavy atom. The third-order valence-electron chi connectivity index (χ3n) is 0.818. The maximum atomic E-state index is 5.19. The summed E-state index contributed by atoms with van der Waals surface area (Å²) < 4.78 is 6.27. The SMILES string of the molecule is CCCOC/C=C/CI. The molecule has 0 saturated heterocycles. The summed E-state index contributed by atoms with van der Waals surface area (Å²) in [6.07, 6.45) is 5.27. The summed E-state index contributed by atoms with van der Waals surface area (Å²) in [7, 11) is 0. The predicted octanol–water partition coefficient (Wildman–Crippen LogP) is 2.40. The molecule has 0 aromatic heterocycles. The lowest BCUT2D eigenvalue weighted by Gasteiger charge is -1.94. The van der Waals surface area contributed by atoms with Gasteiger partial charge in [0, 0.05) is 11.0 Å². The number of hydrogen-bond acceptors (Lipinski definition) is 1. The van der Waals surface area contributed by atoms with Gasteiger partial charge in [-0.2, -0.15) is 0 Å². The van der Waals surface area contributed by atoms with Gasteiger partial charge in [-0.05, 0) is 6.42 Å². The normalized spacial score (nSPS) is 10.9. The van der Waals surface area contributed by atoms with Gasteiger partial charge in [0.05, 0.1) is 6.61 Å². The molecule has 54 valence electrons. The third kappa shape index (κ3) is 8.43. The summed E-state index contributed by atoms with van der Waals surface area (Å²) in [5.74, 6) is 0. The maximum Gasteiger partial charge on any atom is 0.0647 e. The minimum atomic E-state index is 0.775. The van der Waals surface area contributed by atoms with Crippen LogP contribution < -0.4 is 0 Å². The fourth-order valence-corrected chi connectivity index (χ4v) is 0.786. The zero-order valence-corrected chi connectivity index (χ0v) is 7.93. The Morgan fingerprint density at radius 1 is 1.44 bits per heavy atom. The molecule has 0 aromatic carbocycles. The highest BCUT2D eigenvalue weighted by Crippen LogP contribution is 1.84. The van der Waals surface area contributed by atoms with Crippen LogP contribution in [0.25, 0.3) is 0 Å². The van der Waals surface area contributed by atoms with Gasteiger partial charge in [0.1, 0.15) is 0 Å². The average Bonchev–Trinajstić information content (AvgIpc) is 1.89. The number of halogens is 1. The van der Waals surface area contributed by atoms with Crippen molar-refractivity contribution in [3.8, 4) is 0 Å². The maximum absolute atomic E-state index is 5.19. The molecule has 0 bridgehead atoms. The van der Waals surface area contributed by atoms with E-state index in [1.54, 1.807) is 0 Å². The summed E-state index contributed by atoms with van der Waals surface area (Å²) in [6.45, 7) is 3.77. The Labute approximate surface area is 70.6 Å². The number of rotatable bonds is 5. The van der Waals surface area contributed by atoms with E-state index < -0.39 is 0 Å². The van der Waals surface area contributed by atoms with Gasteiger partial charge in [-0.1, -0.05) is 41.7 Å². The van der Waals surface area contributed by atoms with E-state index in [0.717, 1.165) is 24.1 Å². The fourth-order valence-electron chi connectivity index (χ4n) is 0.427. The van der Waals surface area contributed by atoms with Crippen molar-refractivity contribution in [2.24, 2.45) is 0 Å². The molecule has 0 unspecified atom stereocenters. The van der Waals surface area contributed by atoms with E-state index in [4.69, 9.17) is 4.74 Å². The van der Waals surface area contributed by atoms with Gasteiger partial charge in [-0.15, -0.1) is 0 Å². The van der Waals surface area contributed by atoms with Crippen LogP contribution in [0.2, 0.25) is 0 Å². The molecule has 0 saturated carbocycles. The lowest BCUT2D eigenvalue weighted by molar-refractivity contribution is 0.163. The fraction of sp³-hybridized carbons (Fsp3) is 0.714. The summed E-state index contributed by atoms with van der Waals surface area (Å²) >= 11 is 2.31. The van der Waals surface area contributed by atoms with Gasteiger partial charge < -0.3 is 4.74 Å². The van der Waals surface area contributed by atoms with Crippen LogP contribution in [0.15, 0.2) is 12.2 Å². The third-order valence-corrected chi connectivity index (χ3v) is 1.33. The summed E-state index contributed by atoms with van der Waals surface area (Å²) in [6, 6.07) is 0. The molecule has 0 aliphatic rings. The second-order valence-corrected chi connectivity index (χ2v) is 2.58. The van der Waals surface area contributed by atoms with Crippen LogP contribution in [0.3, 0.4) is 0 Å². The van der Waals surface area contributed by atoms with Crippen LogP contribution in [0.1, 0.15) is 13.3 Å². The number of allylic oxidation sites excluding steroid dienone is 1. The van der Waals surface area contributed by atoms with Crippen LogP contribution in [-0.2, 0) is 4.74 Å². The lowest BCUT2D eigenvalue weighted by Crippen LogP contribution is -1.91. The minimum absolute atomic E-state index is 0.775. The number of alkyl halides is 1. The molecular weight excluding hydrogens is 227 g/mol. The summed E-state index contributed by atoms with van der Waals surface area (Å²) in [5.41, 5.74) is 0. The van der Waals surface area contributed by atoms with Crippen molar-refractivity contribution in [1.29, 1.82) is 0 Å². The van der Waals surface area contributed by atoms with Gasteiger partial charge in [-0.25, -0.2) is 0 Å². The molecule has 0 atom stereocenters. The van der Waals surface area contributed by atoms with E-state index in [-0.39, 0.29) is 0 Å². The van der Waals surface area contributed by atoms with Crippen molar-refractivity contribution >= 4 is 22.6 Å². The first-order valence-corrected chi connectivity index (χ1v) is 4.73. The van der Waals surface area contributed by atoms with Gasteiger partial charge in [0.25, 0.3) is 0 Å². The van der Waals surface area contributed by atoms with Crippen LogP contribution in [0.5, 0.6) is 0 Å². The quantitative estimate of drug-likeness (QED) is 0.310. The molecule has 9 heavy (non-hydrogen) atoms. The molecule has 0 radical (unpaired) electrons. The first-order valence-electron chi connectivity index (χ1n) is 3.20. The number of hydrogen-bond donors (Lipinski definition) is 0. The molecule has 0 rings (SSSR count). The monoisotopic (exact) mass is 240 g/mol. The molecule has 2 heteroatoms. The van der Waals surface area contributed by atoms with E-state index in [9.17, 15) is 0 Å². The second kappa shape index (κ2) is 8.43. The predicted molar refractivity (Wildman–Crippen MR) is 49.1 cm³/mol. The largest absolute Gasteiger partial charge is 0.377 e. The highest BCUT2D eigenvalue weighted by atomic mass is 127. The topological polar surface area (TPSA) is 9.23 Å². The summed E-state index contributed by atoms with van der Waals surface area (Å²) in [5, 5.41) is 0. The van der Waals surface area contributed by atoms with Gasteiger partial charge in [-0.3, -0.25) is 0 Å². The molecular formula is C7H13IO. The molecule has 1 nitrogen and oxygen atoms in total. The van der Waals surface area contributed by atoms with Crippen molar-refractivity contribution in [1.82, 2.24) is 0 Å². The van der Waals surface area contributed by atoms with Crippen molar-refractivity contribution in [3.05, 3.63) is 12.2 Å². The molecule has 0 aliphatic heterocycles. The average molecular weight is 240 g/mol. The first-order chi connectivity index (χ1) is 4.41. The van der Waals surface area contributed by atoms with E-state index in [0.29, 0.717) is 0 Å². The Morgan fingerprint density at radius 2 is 2.22 bits per heavy atom. The van der Waals surface area contributed by atoms with Crippen molar-refractivity contribution in [2.75, 3.05) is 17.6 Å². The standard InChI is InChI=1S/C7H13IO/c1-2-6-9-7-4-3-5-8/h3-4H,2,5-7H2,1H3/b4-3+. The Balaban J connectivity index is 2.82. The van der Waals surface area contributed by atoms with E-state index in [2.05, 4.69) is 41.7 Å². The van der Waals surface area contributed by atoms with Gasteiger partial charge in [0.15, 0.2) is 0 Å². The number of ether oxygens (including phenoxy) is 1. The molecule has 0 spiro atoms. The van der Waals surface area contributed by atoms with Gasteiger partial charge >= 0.3 is 0 Å². The zero-order valence-electron chi connectivity index (χ0n) is 5.77. The van der Waals surface area contributed by atoms with Crippen LogP contribution in [0, 0.1) is 0 Å². The Hall–Kier alpha value is 0.430.